The standard InChI is InChI=1S/C16H24ClN3O/c1-2-10-18-14-9-8-13(17)15(19-14)16(21)20-11-6-4-3-5-7-12-20/h8-9H,2-7,10-12H2,1H3,(H,18,19). The maximum absolute atomic E-state index is 12.7. The predicted molar refractivity (Wildman–Crippen MR) is 87.0 cm³/mol. The van der Waals surface area contributed by atoms with Crippen LogP contribution in [-0.2, 0) is 0 Å². The molecule has 116 valence electrons. The molecule has 4 nitrogen and oxygen atoms in total. The van der Waals surface area contributed by atoms with Crippen molar-refractivity contribution in [2.45, 2.75) is 45.4 Å². The van der Waals surface area contributed by atoms with Gasteiger partial charge in [-0.3, -0.25) is 4.79 Å². The monoisotopic (exact) mass is 309 g/mol. The Morgan fingerprint density at radius 1 is 1.24 bits per heavy atom. The van der Waals surface area contributed by atoms with Crippen molar-refractivity contribution < 1.29 is 4.79 Å². The summed E-state index contributed by atoms with van der Waals surface area (Å²) < 4.78 is 0. The molecular weight excluding hydrogens is 286 g/mol. The molecule has 21 heavy (non-hydrogen) atoms. The number of hydrogen-bond donors (Lipinski definition) is 1. The Bertz CT molecular complexity index is 471. The maximum atomic E-state index is 12.7. The lowest BCUT2D eigenvalue weighted by Crippen LogP contribution is -2.34. The van der Waals surface area contributed by atoms with E-state index >= 15 is 0 Å². The number of likely N-dealkylation sites (tertiary alicyclic amines) is 1. The third-order valence-electron chi connectivity index (χ3n) is 3.75. The number of carbonyl (C=O) groups excluding carboxylic acids is 1. The van der Waals surface area contributed by atoms with Gasteiger partial charge in [0.2, 0.25) is 0 Å². The predicted octanol–water partition coefficient (Wildman–Crippen LogP) is 3.96. The van der Waals surface area contributed by atoms with Crippen molar-refractivity contribution in [3.05, 3.63) is 22.8 Å². The molecule has 0 atom stereocenters. The van der Waals surface area contributed by atoms with E-state index in [2.05, 4.69) is 17.2 Å². The number of hydrogen-bond acceptors (Lipinski definition) is 3. The molecule has 0 unspecified atom stereocenters. The highest BCUT2D eigenvalue weighted by Crippen LogP contribution is 2.20. The maximum Gasteiger partial charge on any atom is 0.274 e. The van der Waals surface area contributed by atoms with Gasteiger partial charge in [0.1, 0.15) is 11.5 Å². The van der Waals surface area contributed by atoms with Gasteiger partial charge in [-0.2, -0.15) is 0 Å². The molecule has 0 bridgehead atoms. The van der Waals surface area contributed by atoms with Crippen LogP contribution < -0.4 is 5.32 Å². The Kier molecular flexibility index (Phi) is 6.30. The number of nitrogens with one attached hydrogen (secondary N) is 1. The van der Waals surface area contributed by atoms with Gasteiger partial charge in [0, 0.05) is 19.6 Å². The zero-order valence-electron chi connectivity index (χ0n) is 12.7. The molecule has 0 saturated carbocycles. The lowest BCUT2D eigenvalue weighted by molar-refractivity contribution is 0.0737. The minimum atomic E-state index is -0.0398. The van der Waals surface area contributed by atoms with E-state index in [1.807, 2.05) is 11.0 Å². The van der Waals surface area contributed by atoms with Gasteiger partial charge in [-0.25, -0.2) is 4.98 Å². The van der Waals surface area contributed by atoms with E-state index in [0.717, 1.165) is 44.7 Å². The van der Waals surface area contributed by atoms with Crippen LogP contribution in [0.1, 0.15) is 55.9 Å². The molecule has 0 spiro atoms. The van der Waals surface area contributed by atoms with Crippen LogP contribution in [0.2, 0.25) is 5.02 Å². The summed E-state index contributed by atoms with van der Waals surface area (Å²) >= 11 is 6.18. The van der Waals surface area contributed by atoms with Crippen LogP contribution in [0, 0.1) is 0 Å². The number of rotatable bonds is 4. The molecule has 0 aliphatic carbocycles. The van der Waals surface area contributed by atoms with Crippen molar-refractivity contribution >= 4 is 23.3 Å². The highest BCUT2D eigenvalue weighted by Gasteiger charge is 2.20. The van der Waals surface area contributed by atoms with Crippen LogP contribution >= 0.6 is 11.6 Å². The van der Waals surface area contributed by atoms with Gasteiger partial charge in [-0.05, 0) is 31.4 Å². The Labute approximate surface area is 131 Å². The fourth-order valence-corrected chi connectivity index (χ4v) is 2.73. The van der Waals surface area contributed by atoms with Crippen LogP contribution in [0.4, 0.5) is 5.82 Å². The molecule has 5 heteroatoms. The van der Waals surface area contributed by atoms with Crippen molar-refractivity contribution in [1.82, 2.24) is 9.88 Å². The van der Waals surface area contributed by atoms with E-state index in [-0.39, 0.29) is 5.91 Å². The van der Waals surface area contributed by atoms with Gasteiger partial charge in [-0.15, -0.1) is 0 Å². The number of nitrogens with zero attached hydrogens (tertiary/aromatic N) is 2. The molecule has 1 aromatic rings. The third-order valence-corrected chi connectivity index (χ3v) is 4.05. The molecule has 1 amide bonds. The SMILES string of the molecule is CCCNc1ccc(Cl)c(C(=O)N2CCCCCCC2)n1. The fourth-order valence-electron chi connectivity index (χ4n) is 2.54. The van der Waals surface area contributed by atoms with Crippen molar-refractivity contribution in [3.8, 4) is 0 Å². The smallest absolute Gasteiger partial charge is 0.274 e. The van der Waals surface area contributed by atoms with Gasteiger partial charge in [0.15, 0.2) is 0 Å². The number of carbonyl (C=O) groups is 1. The number of halogens is 1. The van der Waals surface area contributed by atoms with Crippen LogP contribution in [0.15, 0.2) is 12.1 Å². The van der Waals surface area contributed by atoms with Crippen LogP contribution in [-0.4, -0.2) is 35.4 Å². The summed E-state index contributed by atoms with van der Waals surface area (Å²) in [5.41, 5.74) is 0.373. The first-order chi connectivity index (χ1) is 10.2. The molecule has 0 radical (unpaired) electrons. The molecule has 1 aromatic heterocycles. The molecular formula is C16H24ClN3O. The summed E-state index contributed by atoms with van der Waals surface area (Å²) in [5.74, 6) is 0.679. The number of aromatic nitrogens is 1. The van der Waals surface area contributed by atoms with E-state index < -0.39 is 0 Å². The minimum Gasteiger partial charge on any atom is -0.370 e. The van der Waals surface area contributed by atoms with E-state index in [1.54, 1.807) is 6.07 Å². The van der Waals surface area contributed by atoms with E-state index in [0.29, 0.717) is 10.7 Å². The topological polar surface area (TPSA) is 45.2 Å². The summed E-state index contributed by atoms with van der Waals surface area (Å²) in [6, 6.07) is 3.58. The molecule has 1 aliphatic heterocycles. The molecule has 0 aromatic carbocycles. The lowest BCUT2D eigenvalue weighted by atomic mass is 10.1. The molecule has 1 fully saturated rings. The van der Waals surface area contributed by atoms with Crippen LogP contribution in [0.25, 0.3) is 0 Å². The summed E-state index contributed by atoms with van der Waals surface area (Å²) in [6.07, 6.45) is 6.82. The lowest BCUT2D eigenvalue weighted by Gasteiger charge is -2.25. The van der Waals surface area contributed by atoms with Crippen LogP contribution in [0.3, 0.4) is 0 Å². The first kappa shape index (κ1) is 16.1. The van der Waals surface area contributed by atoms with Crippen LogP contribution in [0.5, 0.6) is 0 Å². The summed E-state index contributed by atoms with van der Waals surface area (Å²) in [4.78, 5) is 19.0. The van der Waals surface area contributed by atoms with Crippen molar-refractivity contribution in [2.24, 2.45) is 0 Å². The summed E-state index contributed by atoms with van der Waals surface area (Å²) in [7, 11) is 0. The Morgan fingerprint density at radius 3 is 2.57 bits per heavy atom. The van der Waals surface area contributed by atoms with E-state index in [9.17, 15) is 4.79 Å². The molecule has 1 saturated heterocycles. The second-order valence-electron chi connectivity index (χ2n) is 5.51. The average Bonchev–Trinajstić information content (AvgIpc) is 2.45. The Balaban J connectivity index is 2.12. The highest BCUT2D eigenvalue weighted by atomic mass is 35.5. The van der Waals surface area contributed by atoms with Gasteiger partial charge in [0.25, 0.3) is 5.91 Å². The molecule has 2 rings (SSSR count). The minimum absolute atomic E-state index is 0.0398. The Hall–Kier alpha value is -1.29. The third kappa shape index (κ3) is 4.60. The quantitative estimate of drug-likeness (QED) is 0.915. The molecule has 1 N–H and O–H groups in total. The number of pyridine rings is 1. The largest absolute Gasteiger partial charge is 0.370 e. The zero-order chi connectivity index (χ0) is 15.1. The zero-order valence-corrected chi connectivity index (χ0v) is 13.5. The molecule has 2 heterocycles. The molecule has 1 aliphatic rings. The second-order valence-corrected chi connectivity index (χ2v) is 5.92. The normalized spacial score (nSPS) is 16.2. The average molecular weight is 310 g/mol. The van der Waals surface area contributed by atoms with Gasteiger partial charge >= 0.3 is 0 Å². The highest BCUT2D eigenvalue weighted by molar-refractivity contribution is 6.33. The second kappa shape index (κ2) is 8.23. The van der Waals surface area contributed by atoms with Gasteiger partial charge in [0.05, 0.1) is 5.02 Å². The first-order valence-electron chi connectivity index (χ1n) is 7.92. The summed E-state index contributed by atoms with van der Waals surface area (Å²) in [5, 5.41) is 3.64. The van der Waals surface area contributed by atoms with E-state index in [1.165, 1.54) is 19.3 Å². The first-order valence-corrected chi connectivity index (χ1v) is 8.30. The number of amides is 1. The van der Waals surface area contributed by atoms with Gasteiger partial charge in [-0.1, -0.05) is 37.8 Å². The van der Waals surface area contributed by atoms with Gasteiger partial charge < -0.3 is 10.2 Å². The summed E-state index contributed by atoms with van der Waals surface area (Å²) in [6.45, 7) is 4.55. The Morgan fingerprint density at radius 2 is 1.90 bits per heavy atom. The fraction of sp³-hybridized carbons (Fsp3) is 0.625. The number of anilines is 1. The van der Waals surface area contributed by atoms with Crippen molar-refractivity contribution in [1.29, 1.82) is 0 Å². The van der Waals surface area contributed by atoms with Crippen molar-refractivity contribution in [2.75, 3.05) is 25.0 Å². The van der Waals surface area contributed by atoms with Crippen molar-refractivity contribution in [3.63, 3.8) is 0 Å². The van der Waals surface area contributed by atoms with E-state index in [4.69, 9.17) is 11.6 Å².